The molecule has 4 nitrogen and oxygen atoms in total. The largest absolute Gasteiger partial charge is 0.462 e. The highest BCUT2D eigenvalue weighted by atomic mass is 19.3. The number of carbonyl (C=O) groups excluding carboxylic acids is 2. The predicted octanol–water partition coefficient (Wildman–Crippen LogP) is 4.50. The van der Waals surface area contributed by atoms with Gasteiger partial charge in [-0.2, -0.15) is 4.39 Å². The van der Waals surface area contributed by atoms with Gasteiger partial charge in [0.1, 0.15) is 5.75 Å². The Morgan fingerprint density at radius 1 is 1.04 bits per heavy atom. The van der Waals surface area contributed by atoms with Gasteiger partial charge < -0.3 is 9.47 Å². The standard InChI is InChI=1S/C20H21F3O4/c1-7-26-20(25)13(5)12(4)17(24)14(6)16-10(2)8-15(9-11(16)3)27-19(23)18(21)22/h8-9,18-19H,4-7H2,1-3H3. The van der Waals surface area contributed by atoms with E-state index in [4.69, 9.17) is 4.74 Å². The second kappa shape index (κ2) is 9.21. The van der Waals surface area contributed by atoms with E-state index in [0.717, 1.165) is 0 Å². The molecule has 1 aromatic rings. The smallest absolute Gasteiger partial charge is 0.338 e. The number of rotatable bonds is 9. The van der Waals surface area contributed by atoms with Crippen LogP contribution in [0.2, 0.25) is 0 Å². The van der Waals surface area contributed by atoms with E-state index in [0.29, 0.717) is 16.7 Å². The number of benzene rings is 1. The number of alkyl halides is 3. The summed E-state index contributed by atoms with van der Waals surface area (Å²) in [6.07, 6.45) is -6.04. The molecule has 0 fully saturated rings. The summed E-state index contributed by atoms with van der Waals surface area (Å²) in [6, 6.07) is 2.64. The molecule has 0 saturated heterocycles. The second-order valence-electron chi connectivity index (χ2n) is 5.72. The van der Waals surface area contributed by atoms with Gasteiger partial charge in [0.25, 0.3) is 6.36 Å². The molecule has 0 amide bonds. The summed E-state index contributed by atoms with van der Waals surface area (Å²) in [4.78, 5) is 24.3. The Hall–Kier alpha value is -2.83. The van der Waals surface area contributed by atoms with Crippen molar-refractivity contribution in [2.75, 3.05) is 6.61 Å². The van der Waals surface area contributed by atoms with Crippen LogP contribution < -0.4 is 4.74 Å². The third-order valence-electron chi connectivity index (χ3n) is 3.69. The van der Waals surface area contributed by atoms with Gasteiger partial charge in [-0.15, -0.1) is 0 Å². The topological polar surface area (TPSA) is 52.6 Å². The summed E-state index contributed by atoms with van der Waals surface area (Å²) in [7, 11) is 0. The molecule has 0 aromatic heterocycles. The van der Waals surface area contributed by atoms with E-state index >= 15 is 0 Å². The van der Waals surface area contributed by atoms with E-state index in [1.54, 1.807) is 20.8 Å². The van der Waals surface area contributed by atoms with Crippen LogP contribution in [0.3, 0.4) is 0 Å². The molecule has 0 heterocycles. The maximum atomic E-state index is 13.1. The Labute approximate surface area is 156 Å². The Bertz CT molecular complexity index is 773. The highest BCUT2D eigenvalue weighted by Crippen LogP contribution is 2.30. The van der Waals surface area contributed by atoms with Gasteiger partial charge in [-0.05, 0) is 49.6 Å². The lowest BCUT2D eigenvalue weighted by molar-refractivity contribution is -0.138. The molecule has 0 aliphatic rings. The Morgan fingerprint density at radius 2 is 1.56 bits per heavy atom. The van der Waals surface area contributed by atoms with E-state index in [-0.39, 0.29) is 29.1 Å². The molecule has 0 N–H and O–H groups in total. The molecule has 1 atom stereocenters. The van der Waals surface area contributed by atoms with Crippen molar-refractivity contribution in [3.63, 3.8) is 0 Å². The van der Waals surface area contributed by atoms with E-state index in [2.05, 4.69) is 24.5 Å². The third-order valence-corrected chi connectivity index (χ3v) is 3.69. The van der Waals surface area contributed by atoms with Crippen molar-refractivity contribution >= 4 is 17.3 Å². The lowest BCUT2D eigenvalue weighted by atomic mass is 9.90. The lowest BCUT2D eigenvalue weighted by Crippen LogP contribution is -2.19. The van der Waals surface area contributed by atoms with Gasteiger partial charge in [-0.1, -0.05) is 19.7 Å². The molecule has 27 heavy (non-hydrogen) atoms. The van der Waals surface area contributed by atoms with E-state index in [9.17, 15) is 22.8 Å². The number of hydrogen-bond acceptors (Lipinski definition) is 4. The Morgan fingerprint density at radius 3 is 2.00 bits per heavy atom. The van der Waals surface area contributed by atoms with E-state index in [1.807, 2.05) is 0 Å². The van der Waals surface area contributed by atoms with Crippen LogP contribution in [0, 0.1) is 13.8 Å². The predicted molar refractivity (Wildman–Crippen MR) is 96.4 cm³/mol. The number of ketones is 1. The number of hydrogen-bond donors (Lipinski definition) is 0. The van der Waals surface area contributed by atoms with Crippen LogP contribution in [-0.4, -0.2) is 31.1 Å². The number of halogens is 3. The van der Waals surface area contributed by atoms with Gasteiger partial charge in [0, 0.05) is 11.1 Å². The summed E-state index contributed by atoms with van der Waals surface area (Å²) in [5, 5.41) is 0. The van der Waals surface area contributed by atoms with Gasteiger partial charge in [0.2, 0.25) is 0 Å². The molecule has 146 valence electrons. The monoisotopic (exact) mass is 382 g/mol. The van der Waals surface area contributed by atoms with Crippen molar-refractivity contribution in [3.05, 3.63) is 59.7 Å². The molecule has 0 aliphatic carbocycles. The number of carbonyl (C=O) groups is 2. The van der Waals surface area contributed by atoms with E-state index in [1.165, 1.54) is 12.1 Å². The molecule has 0 saturated carbocycles. The average Bonchev–Trinajstić information content (AvgIpc) is 2.58. The first-order chi connectivity index (χ1) is 12.5. The molecule has 0 spiro atoms. The van der Waals surface area contributed by atoms with Gasteiger partial charge in [0.05, 0.1) is 12.2 Å². The maximum Gasteiger partial charge on any atom is 0.338 e. The fraction of sp³-hybridized carbons (Fsp3) is 0.300. The molecular formula is C20H21F3O4. The zero-order chi connectivity index (χ0) is 20.9. The molecule has 1 rings (SSSR count). The van der Waals surface area contributed by atoms with Crippen LogP contribution in [0.15, 0.2) is 43.0 Å². The van der Waals surface area contributed by atoms with Crippen molar-refractivity contribution < 1.29 is 32.2 Å². The van der Waals surface area contributed by atoms with Crippen LogP contribution in [0.25, 0.3) is 5.57 Å². The summed E-state index contributed by atoms with van der Waals surface area (Å²) in [5.74, 6) is -1.48. The molecule has 1 unspecified atom stereocenters. The van der Waals surface area contributed by atoms with Crippen molar-refractivity contribution in [2.24, 2.45) is 0 Å². The first-order valence-corrected chi connectivity index (χ1v) is 8.00. The minimum Gasteiger partial charge on any atom is -0.462 e. The zero-order valence-corrected chi connectivity index (χ0v) is 15.4. The first kappa shape index (κ1) is 22.2. The molecule has 1 aromatic carbocycles. The number of esters is 1. The lowest BCUT2D eigenvalue weighted by Gasteiger charge is -2.17. The van der Waals surface area contributed by atoms with E-state index < -0.39 is 24.5 Å². The van der Waals surface area contributed by atoms with Crippen LogP contribution in [0.4, 0.5) is 13.2 Å². The van der Waals surface area contributed by atoms with Crippen LogP contribution >= 0.6 is 0 Å². The van der Waals surface area contributed by atoms with Crippen molar-refractivity contribution in [2.45, 2.75) is 33.6 Å². The summed E-state index contributed by atoms with van der Waals surface area (Å²) in [5.41, 5.74) is 1.00. The van der Waals surface area contributed by atoms with Crippen LogP contribution in [0.1, 0.15) is 23.6 Å². The minimum atomic E-state index is -3.28. The maximum absolute atomic E-state index is 13.1. The van der Waals surface area contributed by atoms with Gasteiger partial charge in [-0.3, -0.25) is 4.79 Å². The summed E-state index contributed by atoms with van der Waals surface area (Å²) >= 11 is 0. The second-order valence-corrected chi connectivity index (χ2v) is 5.72. The summed E-state index contributed by atoms with van der Waals surface area (Å²) in [6.45, 7) is 15.7. The molecule has 0 radical (unpaired) electrons. The summed E-state index contributed by atoms with van der Waals surface area (Å²) < 4.78 is 47.0. The van der Waals surface area contributed by atoms with Crippen molar-refractivity contribution in [3.8, 4) is 5.75 Å². The molecule has 7 heteroatoms. The zero-order valence-electron chi connectivity index (χ0n) is 15.4. The number of ether oxygens (including phenoxy) is 2. The minimum absolute atomic E-state index is 0.0256. The fourth-order valence-corrected chi connectivity index (χ4v) is 2.42. The highest BCUT2D eigenvalue weighted by Gasteiger charge is 2.24. The number of Topliss-reactive ketones (excluding diaryl/α,β-unsaturated/α-hetero) is 1. The van der Waals surface area contributed by atoms with Crippen LogP contribution in [0.5, 0.6) is 5.75 Å². The highest BCUT2D eigenvalue weighted by molar-refractivity contribution is 6.32. The molecule has 0 bridgehead atoms. The number of allylic oxidation sites excluding steroid dienone is 1. The average molecular weight is 382 g/mol. The van der Waals surface area contributed by atoms with Crippen LogP contribution in [-0.2, 0) is 14.3 Å². The SMILES string of the molecule is C=C(C(=C)C(=O)C(=C)c1c(C)cc(OC(F)C(F)F)cc1C)C(=O)OCC. The van der Waals surface area contributed by atoms with Crippen molar-refractivity contribution in [1.29, 1.82) is 0 Å². The number of aryl methyl sites for hydroxylation is 2. The van der Waals surface area contributed by atoms with Crippen molar-refractivity contribution in [1.82, 2.24) is 0 Å². The first-order valence-electron chi connectivity index (χ1n) is 8.00. The quantitative estimate of drug-likeness (QED) is 0.358. The Balaban J connectivity index is 3.10. The van der Waals surface area contributed by atoms with Gasteiger partial charge in [-0.25, -0.2) is 13.6 Å². The molecule has 0 aliphatic heterocycles. The Kier molecular flexibility index (Phi) is 7.57. The molecular weight excluding hydrogens is 361 g/mol. The van der Waals surface area contributed by atoms with Gasteiger partial charge in [0.15, 0.2) is 5.78 Å². The third kappa shape index (κ3) is 5.32. The normalized spacial score (nSPS) is 11.7. The van der Waals surface area contributed by atoms with Gasteiger partial charge >= 0.3 is 12.4 Å². The fourth-order valence-electron chi connectivity index (χ4n) is 2.42.